The summed E-state index contributed by atoms with van der Waals surface area (Å²) in [5.41, 5.74) is -1.11. The van der Waals surface area contributed by atoms with Gasteiger partial charge in [-0.1, -0.05) is 0 Å². The van der Waals surface area contributed by atoms with Gasteiger partial charge in [0.25, 0.3) is 0 Å². The first-order chi connectivity index (χ1) is 9.74. The van der Waals surface area contributed by atoms with Crippen molar-refractivity contribution < 1.29 is 19.0 Å². The predicted molar refractivity (Wildman–Crippen MR) is 82.5 cm³/mol. The Labute approximate surface area is 128 Å². The Bertz CT molecular complexity index is 341. The van der Waals surface area contributed by atoms with E-state index >= 15 is 0 Å². The van der Waals surface area contributed by atoms with Gasteiger partial charge < -0.3 is 19.1 Å². The molecule has 0 spiro atoms. The van der Waals surface area contributed by atoms with Crippen LogP contribution in [0.1, 0.15) is 34.1 Å². The van der Waals surface area contributed by atoms with E-state index in [1.54, 1.807) is 14.2 Å². The maximum atomic E-state index is 12.6. The van der Waals surface area contributed by atoms with E-state index < -0.39 is 11.2 Å². The van der Waals surface area contributed by atoms with Crippen LogP contribution in [-0.4, -0.2) is 69.0 Å². The van der Waals surface area contributed by atoms with Crippen LogP contribution in [0.25, 0.3) is 0 Å². The maximum Gasteiger partial charge on any atom is 0.171 e. The molecule has 1 unspecified atom stereocenters. The number of rotatable bonds is 9. The van der Waals surface area contributed by atoms with Crippen molar-refractivity contribution in [1.29, 1.82) is 0 Å². The zero-order valence-electron chi connectivity index (χ0n) is 14.4. The normalized spacial score (nSPS) is 24.0. The molecule has 0 radical (unpaired) electrons. The lowest BCUT2D eigenvalue weighted by atomic mass is 9.85. The first-order valence-electron chi connectivity index (χ1n) is 7.69. The Hall–Kier alpha value is -0.490. The molecule has 21 heavy (non-hydrogen) atoms. The van der Waals surface area contributed by atoms with Crippen LogP contribution >= 0.6 is 0 Å². The van der Waals surface area contributed by atoms with E-state index in [4.69, 9.17) is 14.2 Å². The summed E-state index contributed by atoms with van der Waals surface area (Å²) >= 11 is 0. The highest BCUT2D eigenvalue weighted by Crippen LogP contribution is 2.39. The van der Waals surface area contributed by atoms with Gasteiger partial charge in [-0.05, 0) is 34.1 Å². The lowest BCUT2D eigenvalue weighted by molar-refractivity contribution is -0.132. The van der Waals surface area contributed by atoms with Crippen molar-refractivity contribution in [3.05, 3.63) is 0 Å². The zero-order valence-corrected chi connectivity index (χ0v) is 14.4. The van der Waals surface area contributed by atoms with Gasteiger partial charge in [0.1, 0.15) is 5.60 Å². The standard InChI is InChI=1S/C16H31NO4/c1-15(2)13(14(18)16(3,4)21-15)12-17(9-11-20-6)8-7-10-19-5/h13H,7-12H2,1-6H3. The van der Waals surface area contributed by atoms with E-state index in [2.05, 4.69) is 4.90 Å². The third kappa shape index (κ3) is 5.02. The second-order valence-electron chi connectivity index (χ2n) is 6.77. The number of methoxy groups -OCH3 is 2. The average Bonchev–Trinajstić information content (AvgIpc) is 2.53. The van der Waals surface area contributed by atoms with Gasteiger partial charge in [-0.15, -0.1) is 0 Å². The fraction of sp³-hybridized carbons (Fsp3) is 0.938. The molecular formula is C16H31NO4. The zero-order chi connectivity index (χ0) is 16.1. The van der Waals surface area contributed by atoms with Crippen molar-refractivity contribution >= 4 is 5.78 Å². The molecule has 0 aromatic carbocycles. The number of carbonyl (C=O) groups is 1. The van der Waals surface area contributed by atoms with Crippen molar-refractivity contribution in [3.63, 3.8) is 0 Å². The molecule has 1 fully saturated rings. The highest BCUT2D eigenvalue weighted by atomic mass is 16.5. The summed E-state index contributed by atoms with van der Waals surface area (Å²) in [6.45, 7) is 11.6. The molecule has 0 saturated carbocycles. The van der Waals surface area contributed by atoms with Crippen LogP contribution in [0.5, 0.6) is 0 Å². The van der Waals surface area contributed by atoms with Crippen LogP contribution in [0.15, 0.2) is 0 Å². The molecule has 1 atom stereocenters. The summed E-state index contributed by atoms with van der Waals surface area (Å²) in [6, 6.07) is 0. The topological polar surface area (TPSA) is 48.0 Å². The van der Waals surface area contributed by atoms with Crippen LogP contribution in [0.2, 0.25) is 0 Å². The van der Waals surface area contributed by atoms with Crippen molar-refractivity contribution in [3.8, 4) is 0 Å². The van der Waals surface area contributed by atoms with Gasteiger partial charge in [0, 0.05) is 40.5 Å². The van der Waals surface area contributed by atoms with Gasteiger partial charge in [-0.2, -0.15) is 0 Å². The highest BCUT2D eigenvalue weighted by Gasteiger charge is 2.53. The Morgan fingerprint density at radius 3 is 2.19 bits per heavy atom. The molecule has 1 aliphatic rings. The largest absolute Gasteiger partial charge is 0.385 e. The fourth-order valence-electron chi connectivity index (χ4n) is 3.02. The second-order valence-corrected chi connectivity index (χ2v) is 6.77. The molecule has 0 aromatic heterocycles. The predicted octanol–water partition coefficient (Wildman–Crippen LogP) is 1.74. The summed E-state index contributed by atoms with van der Waals surface area (Å²) in [6.07, 6.45) is 0.950. The maximum absolute atomic E-state index is 12.6. The van der Waals surface area contributed by atoms with E-state index in [9.17, 15) is 4.79 Å². The Kier molecular flexibility index (Phi) is 6.78. The molecule has 5 heteroatoms. The molecular weight excluding hydrogens is 270 g/mol. The van der Waals surface area contributed by atoms with Crippen LogP contribution in [0.4, 0.5) is 0 Å². The second kappa shape index (κ2) is 7.68. The lowest BCUT2D eigenvalue weighted by Gasteiger charge is -2.30. The Balaban J connectivity index is 2.69. The van der Waals surface area contributed by atoms with E-state index in [1.165, 1.54) is 0 Å². The van der Waals surface area contributed by atoms with Crippen LogP contribution in [0.3, 0.4) is 0 Å². The minimum atomic E-state index is -0.687. The average molecular weight is 301 g/mol. The van der Waals surface area contributed by atoms with E-state index in [1.807, 2.05) is 27.7 Å². The molecule has 0 bridgehead atoms. The number of Topliss-reactive ketones (excluding diaryl/α,β-unsaturated/α-hetero) is 1. The molecule has 0 aromatic rings. The van der Waals surface area contributed by atoms with E-state index in [-0.39, 0.29) is 11.7 Å². The number of hydrogen-bond donors (Lipinski definition) is 0. The van der Waals surface area contributed by atoms with Gasteiger partial charge in [0.2, 0.25) is 0 Å². The SMILES string of the molecule is COCCCN(CCOC)CC1C(=O)C(C)(C)OC1(C)C. The van der Waals surface area contributed by atoms with Gasteiger partial charge in [-0.25, -0.2) is 0 Å². The first-order valence-corrected chi connectivity index (χ1v) is 7.69. The molecule has 1 rings (SSSR count). The number of ketones is 1. The minimum Gasteiger partial charge on any atom is -0.385 e. The summed E-state index contributed by atoms with van der Waals surface area (Å²) in [4.78, 5) is 14.8. The van der Waals surface area contributed by atoms with E-state index in [0.717, 1.165) is 26.1 Å². The van der Waals surface area contributed by atoms with Gasteiger partial charge >= 0.3 is 0 Å². The van der Waals surface area contributed by atoms with Crippen LogP contribution < -0.4 is 0 Å². The molecule has 1 saturated heterocycles. The number of hydrogen-bond acceptors (Lipinski definition) is 5. The molecule has 1 heterocycles. The summed E-state index contributed by atoms with van der Waals surface area (Å²) < 4.78 is 16.2. The monoisotopic (exact) mass is 301 g/mol. The van der Waals surface area contributed by atoms with E-state index in [0.29, 0.717) is 13.2 Å². The summed E-state index contributed by atoms with van der Waals surface area (Å²) in [7, 11) is 3.41. The molecule has 1 aliphatic heterocycles. The van der Waals surface area contributed by atoms with Crippen molar-refractivity contribution in [1.82, 2.24) is 4.90 Å². The van der Waals surface area contributed by atoms with Gasteiger partial charge in [-0.3, -0.25) is 4.79 Å². The molecule has 0 N–H and O–H groups in total. The first kappa shape index (κ1) is 18.6. The van der Waals surface area contributed by atoms with Crippen LogP contribution in [0, 0.1) is 5.92 Å². The van der Waals surface area contributed by atoms with Crippen molar-refractivity contribution in [2.75, 3.05) is 47.1 Å². The fourth-order valence-corrected chi connectivity index (χ4v) is 3.02. The molecule has 5 nitrogen and oxygen atoms in total. The summed E-state index contributed by atoms with van der Waals surface area (Å²) in [5.74, 6) is 0.0913. The third-order valence-electron chi connectivity index (χ3n) is 4.14. The minimum absolute atomic E-state index is 0.105. The van der Waals surface area contributed by atoms with Gasteiger partial charge in [0.05, 0.1) is 18.1 Å². The van der Waals surface area contributed by atoms with Crippen molar-refractivity contribution in [2.24, 2.45) is 5.92 Å². The Morgan fingerprint density at radius 2 is 1.71 bits per heavy atom. The number of carbonyl (C=O) groups excluding carboxylic acids is 1. The smallest absolute Gasteiger partial charge is 0.171 e. The summed E-state index contributed by atoms with van der Waals surface area (Å²) in [5, 5.41) is 0. The lowest BCUT2D eigenvalue weighted by Crippen LogP contribution is -2.42. The van der Waals surface area contributed by atoms with Crippen molar-refractivity contribution in [2.45, 2.75) is 45.3 Å². The number of nitrogens with zero attached hydrogens (tertiary/aromatic N) is 1. The molecule has 0 amide bonds. The third-order valence-corrected chi connectivity index (χ3v) is 4.14. The highest BCUT2D eigenvalue weighted by molar-refractivity contribution is 5.91. The quantitative estimate of drug-likeness (QED) is 0.607. The number of ether oxygens (including phenoxy) is 3. The molecule has 0 aliphatic carbocycles. The van der Waals surface area contributed by atoms with Crippen LogP contribution in [-0.2, 0) is 19.0 Å². The Morgan fingerprint density at radius 1 is 1.10 bits per heavy atom. The molecule has 124 valence electrons. The van der Waals surface area contributed by atoms with Gasteiger partial charge in [0.15, 0.2) is 5.78 Å².